The van der Waals surface area contributed by atoms with E-state index in [0.29, 0.717) is 6.42 Å². The van der Waals surface area contributed by atoms with E-state index in [2.05, 4.69) is 34.3 Å². The van der Waals surface area contributed by atoms with Gasteiger partial charge in [-0.15, -0.1) is 0 Å². The molecule has 1 atom stereocenters. The van der Waals surface area contributed by atoms with Crippen molar-refractivity contribution in [1.82, 2.24) is 0 Å². The molecule has 2 nitrogen and oxygen atoms in total. The number of hydrogen-bond acceptors (Lipinski definition) is 2. The Morgan fingerprint density at radius 1 is 1.16 bits per heavy atom. The van der Waals surface area contributed by atoms with Crippen molar-refractivity contribution in [2.75, 3.05) is 7.11 Å². The first kappa shape index (κ1) is 19.1. The Bertz CT molecular complexity index is 272. The molecular weight excluding hydrogens is 365 g/mol. The lowest BCUT2D eigenvalue weighted by molar-refractivity contribution is -0.170. The molecule has 0 fully saturated rings. The number of unbranched alkanes of at least 4 members (excludes halogenated alkanes) is 4. The van der Waals surface area contributed by atoms with Crippen LogP contribution < -0.4 is 0 Å². The Hall–Kier alpha value is 0.0600. The summed E-state index contributed by atoms with van der Waals surface area (Å²) in [5.74, 6) is -4.80. The number of alkyl halides is 3. The van der Waals surface area contributed by atoms with E-state index < -0.39 is 21.7 Å². The average Bonchev–Trinajstić information content (AvgIpc) is 2.37. The van der Waals surface area contributed by atoms with Crippen molar-refractivity contribution < 1.29 is 18.3 Å². The summed E-state index contributed by atoms with van der Waals surface area (Å²) >= 11 is 2.09. The molecule has 0 aromatic heterocycles. The second-order valence-corrected chi connectivity index (χ2v) is 7.33. The van der Waals surface area contributed by atoms with Gasteiger partial charge in [-0.25, -0.2) is 4.79 Å². The van der Waals surface area contributed by atoms with Gasteiger partial charge in [-0.3, -0.25) is 0 Å². The summed E-state index contributed by atoms with van der Waals surface area (Å²) in [4.78, 5) is 11.1. The zero-order valence-corrected chi connectivity index (χ0v) is 14.3. The van der Waals surface area contributed by atoms with Gasteiger partial charge in [0.1, 0.15) is 0 Å². The lowest BCUT2D eigenvalue weighted by atomic mass is 9.92. The van der Waals surface area contributed by atoms with E-state index in [1.165, 1.54) is 12.8 Å². The second kappa shape index (κ2) is 9.08. The van der Waals surface area contributed by atoms with E-state index in [1.54, 1.807) is 0 Å². The third-order valence-electron chi connectivity index (χ3n) is 3.38. The third-order valence-corrected chi connectivity index (χ3v) is 5.07. The number of esters is 1. The van der Waals surface area contributed by atoms with Crippen LogP contribution in [0.2, 0.25) is 0 Å². The van der Waals surface area contributed by atoms with Gasteiger partial charge in [-0.1, -0.05) is 68.5 Å². The van der Waals surface area contributed by atoms with Crippen molar-refractivity contribution in [3.05, 3.63) is 0 Å². The predicted molar refractivity (Wildman–Crippen MR) is 82.0 cm³/mol. The average molecular weight is 390 g/mol. The molecule has 0 aliphatic carbocycles. The summed E-state index contributed by atoms with van der Waals surface area (Å²) in [7, 11) is 1.00. The molecule has 114 valence electrons. The van der Waals surface area contributed by atoms with Crippen molar-refractivity contribution >= 4 is 28.6 Å². The highest BCUT2D eigenvalue weighted by Gasteiger charge is 2.46. The van der Waals surface area contributed by atoms with Gasteiger partial charge in [0.2, 0.25) is 0 Å². The molecule has 19 heavy (non-hydrogen) atoms. The molecule has 0 saturated heterocycles. The molecule has 0 heterocycles. The lowest BCUT2D eigenvalue weighted by Crippen LogP contribution is -2.38. The highest BCUT2D eigenvalue weighted by atomic mass is 127. The van der Waals surface area contributed by atoms with E-state index in [4.69, 9.17) is 0 Å². The second-order valence-electron chi connectivity index (χ2n) is 5.04. The Morgan fingerprint density at radius 2 is 1.74 bits per heavy atom. The maximum absolute atomic E-state index is 13.7. The van der Waals surface area contributed by atoms with Crippen LogP contribution in [-0.4, -0.2) is 22.4 Å². The number of ether oxygens (including phenoxy) is 1. The van der Waals surface area contributed by atoms with Gasteiger partial charge in [0.15, 0.2) is 0 Å². The molecule has 0 aliphatic heterocycles. The highest BCUT2D eigenvalue weighted by Crippen LogP contribution is 2.40. The number of halogens is 3. The van der Waals surface area contributed by atoms with Gasteiger partial charge >= 0.3 is 11.9 Å². The summed E-state index contributed by atoms with van der Waals surface area (Å²) in [6.45, 7) is 4.04. The quantitative estimate of drug-likeness (QED) is 0.224. The summed E-state index contributed by atoms with van der Waals surface area (Å²) in [5, 5.41) is 0. The summed E-state index contributed by atoms with van der Waals surface area (Å²) in [6, 6.07) is 0. The Morgan fingerprint density at radius 3 is 2.21 bits per heavy atom. The van der Waals surface area contributed by atoms with Gasteiger partial charge in [-0.05, 0) is 12.8 Å². The summed E-state index contributed by atoms with van der Waals surface area (Å²) in [5.41, 5.74) is 0. The monoisotopic (exact) mass is 390 g/mol. The Kier molecular flexibility index (Phi) is 9.11. The van der Waals surface area contributed by atoms with E-state index in [9.17, 15) is 13.6 Å². The number of carbonyl (C=O) groups is 1. The van der Waals surface area contributed by atoms with Crippen LogP contribution in [0.15, 0.2) is 0 Å². The fraction of sp³-hybridized carbons (Fsp3) is 0.929. The van der Waals surface area contributed by atoms with Crippen molar-refractivity contribution in [3.63, 3.8) is 0 Å². The maximum Gasteiger partial charge on any atom is 0.376 e. The van der Waals surface area contributed by atoms with Crippen molar-refractivity contribution in [3.8, 4) is 0 Å². The van der Waals surface area contributed by atoms with Gasteiger partial charge in [0.25, 0.3) is 0 Å². The standard InChI is InChI=1S/C14H25F2IO2/c1-4-6-7-8-9-10-13(17,5-2)11-14(15,16)12(18)19-3/h4-11H2,1-3H3. The fourth-order valence-corrected chi connectivity index (χ4v) is 2.92. The highest BCUT2D eigenvalue weighted by molar-refractivity contribution is 14.1. The first-order valence-electron chi connectivity index (χ1n) is 6.96. The van der Waals surface area contributed by atoms with E-state index >= 15 is 0 Å². The van der Waals surface area contributed by atoms with Crippen LogP contribution in [0.1, 0.15) is 65.2 Å². The third kappa shape index (κ3) is 7.42. The SMILES string of the molecule is CCCCCCCC(I)(CC)CC(F)(F)C(=O)OC. The van der Waals surface area contributed by atoms with Gasteiger partial charge < -0.3 is 4.74 Å². The molecule has 0 aliphatic rings. The topological polar surface area (TPSA) is 26.3 Å². The minimum atomic E-state index is -3.38. The normalized spacial score (nSPS) is 15.1. The van der Waals surface area contributed by atoms with Crippen molar-refractivity contribution in [2.45, 2.75) is 74.6 Å². The van der Waals surface area contributed by atoms with E-state index in [1.807, 2.05) is 6.92 Å². The van der Waals surface area contributed by atoms with Crippen LogP contribution in [0.3, 0.4) is 0 Å². The number of methoxy groups -OCH3 is 1. The Labute approximate surface area is 128 Å². The molecule has 0 amide bonds. The van der Waals surface area contributed by atoms with Crippen LogP contribution >= 0.6 is 22.6 Å². The van der Waals surface area contributed by atoms with Gasteiger partial charge in [-0.2, -0.15) is 8.78 Å². The molecule has 0 N–H and O–H groups in total. The molecule has 5 heteroatoms. The zero-order valence-electron chi connectivity index (χ0n) is 12.1. The number of rotatable bonds is 10. The van der Waals surface area contributed by atoms with E-state index in [-0.39, 0.29) is 0 Å². The van der Waals surface area contributed by atoms with Crippen molar-refractivity contribution in [2.24, 2.45) is 0 Å². The molecule has 0 aromatic carbocycles. The van der Waals surface area contributed by atoms with Crippen LogP contribution in [0.4, 0.5) is 8.78 Å². The lowest BCUT2D eigenvalue weighted by Gasteiger charge is -2.29. The zero-order chi connectivity index (χ0) is 14.9. The van der Waals surface area contributed by atoms with Crippen LogP contribution in [0, 0.1) is 0 Å². The van der Waals surface area contributed by atoms with E-state index in [0.717, 1.165) is 32.8 Å². The van der Waals surface area contributed by atoms with Crippen LogP contribution in [0.25, 0.3) is 0 Å². The number of carbonyl (C=O) groups excluding carboxylic acids is 1. The van der Waals surface area contributed by atoms with Crippen LogP contribution in [0.5, 0.6) is 0 Å². The maximum atomic E-state index is 13.7. The summed E-state index contributed by atoms with van der Waals surface area (Å²) < 4.78 is 30.9. The minimum absolute atomic E-state index is 0.433. The molecule has 0 spiro atoms. The predicted octanol–water partition coefficient (Wildman–Crippen LogP) is 5.13. The Balaban J connectivity index is 4.32. The molecule has 0 rings (SSSR count). The first-order valence-corrected chi connectivity index (χ1v) is 8.04. The molecule has 0 radical (unpaired) electrons. The van der Waals surface area contributed by atoms with Gasteiger partial charge in [0, 0.05) is 9.84 Å². The molecule has 1 unspecified atom stereocenters. The first-order chi connectivity index (χ1) is 8.81. The molecule has 0 aromatic rings. The molecule has 0 saturated carbocycles. The minimum Gasteiger partial charge on any atom is -0.465 e. The smallest absolute Gasteiger partial charge is 0.376 e. The fourth-order valence-electron chi connectivity index (χ4n) is 2.05. The molecular formula is C14H25F2IO2. The van der Waals surface area contributed by atoms with Crippen molar-refractivity contribution in [1.29, 1.82) is 0 Å². The molecule has 0 bridgehead atoms. The largest absolute Gasteiger partial charge is 0.465 e. The van der Waals surface area contributed by atoms with Crippen LogP contribution in [-0.2, 0) is 9.53 Å². The van der Waals surface area contributed by atoms with Gasteiger partial charge in [0.05, 0.1) is 7.11 Å². The summed E-state index contributed by atoms with van der Waals surface area (Å²) in [6.07, 6.45) is 6.45. The number of hydrogen-bond donors (Lipinski definition) is 0.